The normalized spacial score (nSPS) is 14.6. The van der Waals surface area contributed by atoms with Crippen LogP contribution in [-0.4, -0.2) is 27.0 Å². The molecule has 1 atom stereocenters. The Morgan fingerprint density at radius 3 is 2.94 bits per heavy atom. The topological polar surface area (TPSA) is 65.7 Å². The van der Waals surface area contributed by atoms with E-state index >= 15 is 0 Å². The van der Waals surface area contributed by atoms with E-state index in [1.807, 2.05) is 12.1 Å². The highest BCUT2D eigenvalue weighted by molar-refractivity contribution is 5.55. The first-order chi connectivity index (χ1) is 8.80. The summed E-state index contributed by atoms with van der Waals surface area (Å²) in [7, 11) is 1.62. The van der Waals surface area contributed by atoms with E-state index in [2.05, 4.69) is 12.2 Å². The van der Waals surface area contributed by atoms with E-state index in [4.69, 9.17) is 19.9 Å². The molecule has 5 heteroatoms. The highest BCUT2D eigenvalue weighted by Gasteiger charge is 2.22. The van der Waals surface area contributed by atoms with Crippen molar-refractivity contribution in [1.82, 2.24) is 5.32 Å². The molecule has 0 aliphatic carbocycles. The van der Waals surface area contributed by atoms with Crippen molar-refractivity contribution in [3.63, 3.8) is 0 Å². The van der Waals surface area contributed by atoms with E-state index in [1.54, 1.807) is 7.11 Å². The van der Waals surface area contributed by atoms with Gasteiger partial charge in [0.1, 0.15) is 0 Å². The molecule has 2 rings (SSSR count). The molecule has 1 aliphatic heterocycles. The van der Waals surface area contributed by atoms with Gasteiger partial charge in [0.05, 0.1) is 7.11 Å². The molecule has 0 saturated heterocycles. The summed E-state index contributed by atoms with van der Waals surface area (Å²) in [6, 6.07) is 4.02. The average Bonchev–Trinajstić information content (AvgIpc) is 2.87. The third-order valence-corrected chi connectivity index (χ3v) is 2.96. The van der Waals surface area contributed by atoms with Gasteiger partial charge in [0.25, 0.3) is 0 Å². The summed E-state index contributed by atoms with van der Waals surface area (Å²) in [5.41, 5.74) is 6.87. The first-order valence-electron chi connectivity index (χ1n) is 6.21. The van der Waals surface area contributed by atoms with Crippen LogP contribution in [0.25, 0.3) is 0 Å². The molecule has 0 amide bonds. The molecule has 100 valence electrons. The van der Waals surface area contributed by atoms with Gasteiger partial charge in [0.2, 0.25) is 12.5 Å². The van der Waals surface area contributed by atoms with Crippen molar-refractivity contribution in [1.29, 1.82) is 0 Å². The molecule has 0 fully saturated rings. The largest absolute Gasteiger partial charge is 0.493 e. The lowest BCUT2D eigenvalue weighted by Crippen LogP contribution is -2.28. The maximum Gasteiger partial charge on any atom is 0.231 e. The zero-order chi connectivity index (χ0) is 13.0. The summed E-state index contributed by atoms with van der Waals surface area (Å²) >= 11 is 0. The number of hydrogen-bond acceptors (Lipinski definition) is 5. The lowest BCUT2D eigenvalue weighted by Gasteiger charge is -2.18. The molecule has 1 unspecified atom stereocenters. The van der Waals surface area contributed by atoms with Gasteiger partial charge in [0.15, 0.2) is 11.5 Å². The summed E-state index contributed by atoms with van der Waals surface area (Å²) in [6.07, 6.45) is 1.07. The van der Waals surface area contributed by atoms with Crippen molar-refractivity contribution < 1.29 is 14.2 Å². The van der Waals surface area contributed by atoms with Gasteiger partial charge in [-0.1, -0.05) is 6.92 Å². The third kappa shape index (κ3) is 2.52. The van der Waals surface area contributed by atoms with Crippen LogP contribution in [0.3, 0.4) is 0 Å². The Morgan fingerprint density at radius 2 is 2.28 bits per heavy atom. The molecule has 0 bridgehead atoms. The number of nitrogens with one attached hydrogen (secondary N) is 1. The summed E-state index contributed by atoms with van der Waals surface area (Å²) in [6.45, 7) is 3.83. The van der Waals surface area contributed by atoms with Crippen molar-refractivity contribution in [2.24, 2.45) is 5.73 Å². The van der Waals surface area contributed by atoms with E-state index in [-0.39, 0.29) is 12.8 Å². The molecule has 18 heavy (non-hydrogen) atoms. The van der Waals surface area contributed by atoms with Gasteiger partial charge >= 0.3 is 0 Å². The summed E-state index contributed by atoms with van der Waals surface area (Å²) < 4.78 is 16.1. The predicted octanol–water partition coefficient (Wildman–Crippen LogP) is 1.42. The van der Waals surface area contributed by atoms with Gasteiger partial charge in [0, 0.05) is 12.6 Å². The fourth-order valence-corrected chi connectivity index (χ4v) is 2.01. The second-order valence-electron chi connectivity index (χ2n) is 4.20. The van der Waals surface area contributed by atoms with Gasteiger partial charge in [-0.2, -0.15) is 0 Å². The Hall–Kier alpha value is -1.46. The Morgan fingerprint density at radius 1 is 1.44 bits per heavy atom. The Kier molecular flexibility index (Phi) is 4.28. The van der Waals surface area contributed by atoms with E-state index in [0.29, 0.717) is 18.0 Å². The van der Waals surface area contributed by atoms with Crippen LogP contribution in [0.15, 0.2) is 12.1 Å². The predicted molar refractivity (Wildman–Crippen MR) is 69.2 cm³/mol. The van der Waals surface area contributed by atoms with Crippen LogP contribution in [0.2, 0.25) is 0 Å². The third-order valence-electron chi connectivity index (χ3n) is 2.96. The molecule has 0 radical (unpaired) electrons. The van der Waals surface area contributed by atoms with Crippen LogP contribution in [0.4, 0.5) is 0 Å². The first-order valence-corrected chi connectivity index (χ1v) is 6.21. The molecule has 5 nitrogen and oxygen atoms in total. The number of ether oxygens (including phenoxy) is 3. The summed E-state index contributed by atoms with van der Waals surface area (Å²) in [5, 5.41) is 3.40. The standard InChI is InChI=1S/C13H20N2O3/c1-3-4-15-10(7-14)9-5-11(16-2)13-12(6-9)17-8-18-13/h5-6,10,15H,3-4,7-8,14H2,1-2H3. The number of hydrogen-bond donors (Lipinski definition) is 2. The van der Waals surface area contributed by atoms with Crippen molar-refractivity contribution in [2.45, 2.75) is 19.4 Å². The SMILES string of the molecule is CCCNC(CN)c1cc(OC)c2c(c1)OCO2. The van der Waals surface area contributed by atoms with Gasteiger partial charge in [-0.3, -0.25) is 0 Å². The molecule has 1 aliphatic rings. The summed E-state index contributed by atoms with van der Waals surface area (Å²) in [4.78, 5) is 0. The molecule has 0 aromatic heterocycles. The van der Waals surface area contributed by atoms with Crippen molar-refractivity contribution in [3.8, 4) is 17.2 Å². The van der Waals surface area contributed by atoms with Gasteiger partial charge < -0.3 is 25.3 Å². The van der Waals surface area contributed by atoms with E-state index in [9.17, 15) is 0 Å². The first kappa shape index (κ1) is 13.0. The van der Waals surface area contributed by atoms with Crippen molar-refractivity contribution in [3.05, 3.63) is 17.7 Å². The molecule has 0 spiro atoms. The minimum absolute atomic E-state index is 0.105. The highest BCUT2D eigenvalue weighted by Crippen LogP contribution is 2.42. The maximum atomic E-state index is 5.81. The Bertz CT molecular complexity index is 409. The molecule has 1 aromatic rings. The molecular formula is C13H20N2O3. The van der Waals surface area contributed by atoms with Crippen molar-refractivity contribution in [2.75, 3.05) is 27.0 Å². The van der Waals surface area contributed by atoms with E-state index in [1.165, 1.54) is 0 Å². The van der Waals surface area contributed by atoms with Crippen LogP contribution in [0.5, 0.6) is 17.2 Å². The van der Waals surface area contributed by atoms with Crippen LogP contribution in [-0.2, 0) is 0 Å². The number of methoxy groups -OCH3 is 1. The van der Waals surface area contributed by atoms with Gasteiger partial charge in [-0.25, -0.2) is 0 Å². The maximum absolute atomic E-state index is 5.81. The lowest BCUT2D eigenvalue weighted by atomic mass is 10.1. The van der Waals surface area contributed by atoms with Crippen LogP contribution < -0.4 is 25.3 Å². The summed E-state index contributed by atoms with van der Waals surface area (Å²) in [5.74, 6) is 2.09. The smallest absolute Gasteiger partial charge is 0.231 e. The van der Waals surface area contributed by atoms with Crippen LogP contribution in [0, 0.1) is 0 Å². The number of fused-ring (bicyclic) bond motifs is 1. The minimum atomic E-state index is 0.105. The van der Waals surface area contributed by atoms with Crippen LogP contribution in [0.1, 0.15) is 24.9 Å². The number of rotatable bonds is 6. The van der Waals surface area contributed by atoms with E-state index < -0.39 is 0 Å². The molecule has 3 N–H and O–H groups in total. The van der Waals surface area contributed by atoms with Crippen molar-refractivity contribution >= 4 is 0 Å². The molecular weight excluding hydrogens is 232 g/mol. The Labute approximate surface area is 107 Å². The molecule has 1 heterocycles. The molecule has 0 saturated carbocycles. The van der Waals surface area contributed by atoms with Gasteiger partial charge in [-0.15, -0.1) is 0 Å². The minimum Gasteiger partial charge on any atom is -0.493 e. The average molecular weight is 252 g/mol. The monoisotopic (exact) mass is 252 g/mol. The quantitative estimate of drug-likeness (QED) is 0.801. The number of nitrogens with two attached hydrogens (primary N) is 1. The second-order valence-corrected chi connectivity index (χ2v) is 4.20. The zero-order valence-electron chi connectivity index (χ0n) is 10.9. The second kappa shape index (κ2) is 5.93. The van der Waals surface area contributed by atoms with Gasteiger partial charge in [-0.05, 0) is 30.7 Å². The molecule has 1 aromatic carbocycles. The van der Waals surface area contributed by atoms with E-state index in [0.717, 1.165) is 24.3 Å². The Balaban J connectivity index is 2.27. The van der Waals surface area contributed by atoms with Crippen LogP contribution >= 0.6 is 0 Å². The highest BCUT2D eigenvalue weighted by atomic mass is 16.7. The fraction of sp³-hybridized carbons (Fsp3) is 0.538. The lowest BCUT2D eigenvalue weighted by molar-refractivity contribution is 0.171. The fourth-order valence-electron chi connectivity index (χ4n) is 2.01. The zero-order valence-corrected chi connectivity index (χ0v) is 10.9. The number of benzene rings is 1.